The van der Waals surface area contributed by atoms with Gasteiger partial charge in [-0.2, -0.15) is 4.98 Å². The van der Waals surface area contributed by atoms with Crippen LogP contribution in [-0.4, -0.2) is 10.1 Å². The van der Waals surface area contributed by atoms with Gasteiger partial charge >= 0.3 is 0 Å². The van der Waals surface area contributed by atoms with Gasteiger partial charge in [-0.05, 0) is 24.5 Å². The summed E-state index contributed by atoms with van der Waals surface area (Å²) in [5, 5.41) is 3.83. The second-order valence-electron chi connectivity index (χ2n) is 4.17. The summed E-state index contributed by atoms with van der Waals surface area (Å²) in [5.41, 5.74) is 5.94. The highest BCUT2D eigenvalue weighted by molar-refractivity contribution is 5.44. The third-order valence-electron chi connectivity index (χ3n) is 2.23. The Balaban J connectivity index is 2.13. The minimum absolute atomic E-state index is 0.212. The van der Waals surface area contributed by atoms with Crippen LogP contribution in [0.2, 0.25) is 0 Å². The maximum atomic E-state index is 5.94. The SMILES string of the molecule is CC(C)C[C@H](N)c1nc(-c2ccco2)no1. The van der Waals surface area contributed by atoms with Gasteiger partial charge in [-0.15, -0.1) is 0 Å². The molecule has 0 saturated carbocycles. The molecule has 86 valence electrons. The molecule has 0 bridgehead atoms. The van der Waals surface area contributed by atoms with E-state index in [1.54, 1.807) is 18.4 Å². The summed E-state index contributed by atoms with van der Waals surface area (Å²) in [4.78, 5) is 4.21. The molecule has 5 nitrogen and oxygen atoms in total. The van der Waals surface area contributed by atoms with Crippen molar-refractivity contribution in [3.05, 3.63) is 24.3 Å². The molecule has 0 aliphatic rings. The fourth-order valence-corrected chi connectivity index (χ4v) is 1.50. The first-order valence-electron chi connectivity index (χ1n) is 5.30. The molecule has 0 aliphatic carbocycles. The molecule has 2 heterocycles. The minimum atomic E-state index is -0.212. The third kappa shape index (κ3) is 2.30. The van der Waals surface area contributed by atoms with E-state index in [0.29, 0.717) is 23.4 Å². The molecule has 0 spiro atoms. The van der Waals surface area contributed by atoms with Gasteiger partial charge in [-0.25, -0.2) is 0 Å². The van der Waals surface area contributed by atoms with Crippen molar-refractivity contribution in [1.29, 1.82) is 0 Å². The summed E-state index contributed by atoms with van der Waals surface area (Å²) in [6.07, 6.45) is 2.39. The molecule has 2 aromatic heterocycles. The van der Waals surface area contributed by atoms with E-state index in [2.05, 4.69) is 24.0 Å². The molecule has 0 amide bonds. The van der Waals surface area contributed by atoms with E-state index in [1.807, 2.05) is 0 Å². The maximum absolute atomic E-state index is 5.94. The molecule has 0 unspecified atom stereocenters. The van der Waals surface area contributed by atoms with Gasteiger partial charge in [0.05, 0.1) is 12.3 Å². The second kappa shape index (κ2) is 4.49. The van der Waals surface area contributed by atoms with E-state index in [4.69, 9.17) is 14.7 Å². The van der Waals surface area contributed by atoms with Gasteiger partial charge in [0.25, 0.3) is 0 Å². The number of nitrogens with zero attached hydrogens (tertiary/aromatic N) is 2. The quantitative estimate of drug-likeness (QED) is 0.857. The van der Waals surface area contributed by atoms with Crippen LogP contribution in [0.1, 0.15) is 32.2 Å². The molecule has 2 rings (SSSR count). The molecule has 0 saturated heterocycles. The number of furan rings is 1. The Kier molecular flexibility index (Phi) is 3.05. The average molecular weight is 221 g/mol. The van der Waals surface area contributed by atoms with Crippen LogP contribution in [0.3, 0.4) is 0 Å². The van der Waals surface area contributed by atoms with Crippen LogP contribution in [0.4, 0.5) is 0 Å². The summed E-state index contributed by atoms with van der Waals surface area (Å²) in [6.45, 7) is 4.20. The van der Waals surface area contributed by atoms with Gasteiger partial charge in [-0.3, -0.25) is 0 Å². The maximum Gasteiger partial charge on any atom is 0.243 e. The van der Waals surface area contributed by atoms with Crippen molar-refractivity contribution in [2.75, 3.05) is 0 Å². The van der Waals surface area contributed by atoms with Gasteiger partial charge in [0.2, 0.25) is 11.7 Å². The number of aromatic nitrogens is 2. The molecule has 0 fully saturated rings. The molecule has 0 aromatic carbocycles. The molecule has 0 radical (unpaired) electrons. The predicted octanol–water partition coefficient (Wildman–Crippen LogP) is 2.38. The van der Waals surface area contributed by atoms with Crippen molar-refractivity contribution in [2.45, 2.75) is 26.3 Å². The van der Waals surface area contributed by atoms with Crippen molar-refractivity contribution >= 4 is 0 Å². The Morgan fingerprint density at radius 1 is 1.44 bits per heavy atom. The van der Waals surface area contributed by atoms with Gasteiger partial charge in [0, 0.05) is 0 Å². The van der Waals surface area contributed by atoms with Crippen LogP contribution >= 0.6 is 0 Å². The highest BCUT2D eigenvalue weighted by atomic mass is 16.5. The molecule has 5 heteroatoms. The highest BCUT2D eigenvalue weighted by Gasteiger charge is 2.17. The highest BCUT2D eigenvalue weighted by Crippen LogP contribution is 2.21. The van der Waals surface area contributed by atoms with Crippen molar-refractivity contribution in [1.82, 2.24) is 10.1 Å². The zero-order valence-corrected chi connectivity index (χ0v) is 9.38. The van der Waals surface area contributed by atoms with E-state index in [-0.39, 0.29) is 6.04 Å². The van der Waals surface area contributed by atoms with Crippen molar-refractivity contribution in [2.24, 2.45) is 11.7 Å². The second-order valence-corrected chi connectivity index (χ2v) is 4.17. The molecule has 0 aliphatic heterocycles. The first-order valence-corrected chi connectivity index (χ1v) is 5.30. The molecule has 2 aromatic rings. The number of hydrogen-bond donors (Lipinski definition) is 1. The van der Waals surface area contributed by atoms with Crippen LogP contribution < -0.4 is 5.73 Å². The van der Waals surface area contributed by atoms with Crippen molar-refractivity contribution < 1.29 is 8.94 Å². The van der Waals surface area contributed by atoms with Crippen LogP contribution in [0.25, 0.3) is 11.6 Å². The molecular formula is C11H15N3O2. The Labute approximate surface area is 93.6 Å². The Morgan fingerprint density at radius 3 is 2.88 bits per heavy atom. The lowest BCUT2D eigenvalue weighted by molar-refractivity contribution is 0.335. The lowest BCUT2D eigenvalue weighted by Gasteiger charge is -2.08. The topological polar surface area (TPSA) is 78.1 Å². The van der Waals surface area contributed by atoms with Gasteiger partial charge in [-0.1, -0.05) is 19.0 Å². The van der Waals surface area contributed by atoms with E-state index >= 15 is 0 Å². The van der Waals surface area contributed by atoms with Crippen molar-refractivity contribution in [3.8, 4) is 11.6 Å². The van der Waals surface area contributed by atoms with Crippen LogP contribution in [0, 0.1) is 5.92 Å². The summed E-state index contributed by atoms with van der Waals surface area (Å²) in [6, 6.07) is 3.35. The summed E-state index contributed by atoms with van der Waals surface area (Å²) >= 11 is 0. The van der Waals surface area contributed by atoms with Crippen LogP contribution in [0.5, 0.6) is 0 Å². The van der Waals surface area contributed by atoms with Gasteiger partial charge in [0.15, 0.2) is 5.76 Å². The average Bonchev–Trinajstić information content (AvgIpc) is 2.87. The molecular weight excluding hydrogens is 206 g/mol. The minimum Gasteiger partial charge on any atom is -0.461 e. The summed E-state index contributed by atoms with van der Waals surface area (Å²) < 4.78 is 10.3. The number of nitrogens with two attached hydrogens (primary N) is 1. The normalized spacial score (nSPS) is 13.2. The Hall–Kier alpha value is -1.62. The van der Waals surface area contributed by atoms with E-state index in [0.717, 1.165) is 6.42 Å². The number of rotatable bonds is 4. The lowest BCUT2D eigenvalue weighted by Crippen LogP contribution is -2.13. The van der Waals surface area contributed by atoms with Gasteiger partial charge < -0.3 is 14.7 Å². The van der Waals surface area contributed by atoms with Crippen LogP contribution in [-0.2, 0) is 0 Å². The molecule has 16 heavy (non-hydrogen) atoms. The first kappa shape index (κ1) is 10.9. The Morgan fingerprint density at radius 2 is 2.25 bits per heavy atom. The fraction of sp³-hybridized carbons (Fsp3) is 0.455. The Bertz CT molecular complexity index is 434. The lowest BCUT2D eigenvalue weighted by atomic mass is 10.0. The van der Waals surface area contributed by atoms with E-state index in [1.165, 1.54) is 0 Å². The van der Waals surface area contributed by atoms with Crippen LogP contribution in [0.15, 0.2) is 27.3 Å². The van der Waals surface area contributed by atoms with E-state index in [9.17, 15) is 0 Å². The molecule has 1 atom stereocenters. The van der Waals surface area contributed by atoms with Crippen molar-refractivity contribution in [3.63, 3.8) is 0 Å². The number of hydrogen-bond acceptors (Lipinski definition) is 5. The largest absolute Gasteiger partial charge is 0.461 e. The third-order valence-corrected chi connectivity index (χ3v) is 2.23. The van der Waals surface area contributed by atoms with Gasteiger partial charge in [0.1, 0.15) is 0 Å². The molecule has 2 N–H and O–H groups in total. The zero-order chi connectivity index (χ0) is 11.5. The zero-order valence-electron chi connectivity index (χ0n) is 9.38. The summed E-state index contributed by atoms with van der Waals surface area (Å²) in [5.74, 6) is 1.99. The fourth-order valence-electron chi connectivity index (χ4n) is 1.50. The standard InChI is InChI=1S/C11H15N3O2/c1-7(2)6-8(12)11-13-10(14-16-11)9-4-3-5-15-9/h3-5,7-8H,6,12H2,1-2H3/t8-/m0/s1. The van der Waals surface area contributed by atoms with E-state index < -0.39 is 0 Å². The monoisotopic (exact) mass is 221 g/mol. The first-order chi connectivity index (χ1) is 7.66. The summed E-state index contributed by atoms with van der Waals surface area (Å²) in [7, 11) is 0. The predicted molar refractivity (Wildman–Crippen MR) is 58.4 cm³/mol. The smallest absolute Gasteiger partial charge is 0.243 e.